The van der Waals surface area contributed by atoms with Crippen molar-refractivity contribution in [3.8, 4) is 0 Å². The lowest BCUT2D eigenvalue weighted by Crippen LogP contribution is -2.25. The van der Waals surface area contributed by atoms with E-state index in [1.54, 1.807) is 19.1 Å². The van der Waals surface area contributed by atoms with Crippen LogP contribution in [0.1, 0.15) is 24.8 Å². The molecule has 1 aliphatic carbocycles. The monoisotopic (exact) mass is 318 g/mol. The molecule has 7 heteroatoms. The largest absolute Gasteiger partial charge is 0.455 e. The number of aryl methyl sites for hydroxylation is 1. The second kappa shape index (κ2) is 7.53. The quantitative estimate of drug-likeness (QED) is 0.389. The molecule has 1 atom stereocenters. The van der Waals surface area contributed by atoms with Gasteiger partial charge in [0, 0.05) is 6.07 Å². The summed E-state index contributed by atoms with van der Waals surface area (Å²) in [6.45, 7) is 1.20. The van der Waals surface area contributed by atoms with E-state index in [4.69, 9.17) is 4.74 Å². The van der Waals surface area contributed by atoms with Gasteiger partial charge in [-0.2, -0.15) is 0 Å². The number of nitro groups is 1. The SMILES string of the molecule is Cc1cccc([N+](=O)[O-])c1NC(=O)COC(=O)[C@@H]1CC=CCC1. The summed E-state index contributed by atoms with van der Waals surface area (Å²) in [5.74, 6) is -1.23. The standard InChI is InChI=1S/C16H18N2O5/c1-11-6-5-9-13(18(21)22)15(11)17-14(19)10-23-16(20)12-7-3-2-4-8-12/h2-3,5-6,9,12H,4,7-8,10H2,1H3,(H,17,19)/t12-/m1/s1. The molecule has 0 unspecified atom stereocenters. The maximum absolute atomic E-state index is 11.9. The van der Waals surface area contributed by atoms with Crippen LogP contribution in [0.25, 0.3) is 0 Å². The van der Waals surface area contributed by atoms with Crippen molar-refractivity contribution in [2.24, 2.45) is 5.92 Å². The molecule has 0 heterocycles. The molecule has 1 aliphatic rings. The topological polar surface area (TPSA) is 98.5 Å². The Bertz CT molecular complexity index is 654. The molecule has 0 bridgehead atoms. The molecule has 122 valence electrons. The summed E-state index contributed by atoms with van der Waals surface area (Å²) in [6.07, 6.45) is 6.07. The van der Waals surface area contributed by atoms with Crippen LogP contribution in [0, 0.1) is 23.0 Å². The molecule has 23 heavy (non-hydrogen) atoms. The van der Waals surface area contributed by atoms with Crippen molar-refractivity contribution in [3.63, 3.8) is 0 Å². The molecule has 0 radical (unpaired) electrons. The average molecular weight is 318 g/mol. The number of anilines is 1. The number of hydrogen-bond donors (Lipinski definition) is 1. The van der Waals surface area contributed by atoms with E-state index in [1.165, 1.54) is 6.07 Å². The third kappa shape index (κ3) is 4.38. The Morgan fingerprint density at radius 1 is 1.39 bits per heavy atom. The first-order valence-corrected chi connectivity index (χ1v) is 7.34. The maximum Gasteiger partial charge on any atom is 0.309 e. The fourth-order valence-corrected chi connectivity index (χ4v) is 2.40. The van der Waals surface area contributed by atoms with Crippen LogP contribution < -0.4 is 5.32 Å². The summed E-state index contributed by atoms with van der Waals surface area (Å²) in [4.78, 5) is 34.2. The number of amides is 1. The van der Waals surface area contributed by atoms with Crippen LogP contribution in [0.3, 0.4) is 0 Å². The molecule has 0 spiro atoms. The molecule has 7 nitrogen and oxygen atoms in total. The second-order valence-electron chi connectivity index (χ2n) is 5.36. The third-order valence-electron chi connectivity index (χ3n) is 3.66. The number of nitrogens with zero attached hydrogens (tertiary/aromatic N) is 1. The molecule has 0 fully saturated rings. The molecule has 1 amide bonds. The number of esters is 1. The van der Waals surface area contributed by atoms with Gasteiger partial charge in [0.2, 0.25) is 0 Å². The van der Waals surface area contributed by atoms with Gasteiger partial charge in [-0.05, 0) is 31.7 Å². The summed E-state index contributed by atoms with van der Waals surface area (Å²) in [5, 5.41) is 13.4. The first-order valence-electron chi connectivity index (χ1n) is 7.34. The highest BCUT2D eigenvalue weighted by atomic mass is 16.6. The van der Waals surface area contributed by atoms with E-state index in [-0.39, 0.29) is 17.3 Å². The van der Waals surface area contributed by atoms with Gasteiger partial charge >= 0.3 is 5.97 Å². The van der Waals surface area contributed by atoms with E-state index in [2.05, 4.69) is 5.32 Å². The van der Waals surface area contributed by atoms with Gasteiger partial charge in [0.15, 0.2) is 6.61 Å². The number of carbonyl (C=O) groups is 2. The van der Waals surface area contributed by atoms with Crippen LogP contribution in [0.15, 0.2) is 30.4 Å². The predicted octanol–water partition coefficient (Wildman–Crippen LogP) is 2.74. The lowest BCUT2D eigenvalue weighted by Gasteiger charge is -2.16. The van der Waals surface area contributed by atoms with Gasteiger partial charge in [0.05, 0.1) is 10.8 Å². The Balaban J connectivity index is 1.94. The van der Waals surface area contributed by atoms with Gasteiger partial charge in [-0.1, -0.05) is 24.3 Å². The first-order chi connectivity index (χ1) is 11.0. The zero-order chi connectivity index (χ0) is 16.8. The highest BCUT2D eigenvalue weighted by Gasteiger charge is 2.22. The molecule has 0 aromatic heterocycles. The number of hydrogen-bond acceptors (Lipinski definition) is 5. The zero-order valence-electron chi connectivity index (χ0n) is 12.8. The van der Waals surface area contributed by atoms with E-state index < -0.39 is 23.4 Å². The lowest BCUT2D eigenvalue weighted by atomic mass is 9.95. The second-order valence-corrected chi connectivity index (χ2v) is 5.36. The normalized spacial score (nSPS) is 16.7. The molecular formula is C16H18N2O5. The molecule has 0 saturated heterocycles. The number of ether oxygens (including phenoxy) is 1. The van der Waals surface area contributed by atoms with Crippen LogP contribution in [0.4, 0.5) is 11.4 Å². The third-order valence-corrected chi connectivity index (χ3v) is 3.66. The summed E-state index contributed by atoms with van der Waals surface area (Å²) in [6, 6.07) is 4.51. The fraction of sp³-hybridized carbons (Fsp3) is 0.375. The smallest absolute Gasteiger partial charge is 0.309 e. The Morgan fingerprint density at radius 3 is 2.83 bits per heavy atom. The maximum atomic E-state index is 11.9. The van der Waals surface area contributed by atoms with Crippen molar-refractivity contribution in [1.29, 1.82) is 0 Å². The molecule has 2 rings (SSSR count). The van der Waals surface area contributed by atoms with Crippen molar-refractivity contribution in [3.05, 3.63) is 46.0 Å². The minimum Gasteiger partial charge on any atom is -0.455 e. The van der Waals surface area contributed by atoms with Crippen LogP contribution in [-0.4, -0.2) is 23.4 Å². The van der Waals surface area contributed by atoms with Crippen LogP contribution in [-0.2, 0) is 14.3 Å². The molecule has 0 aliphatic heterocycles. The lowest BCUT2D eigenvalue weighted by molar-refractivity contribution is -0.384. The van der Waals surface area contributed by atoms with Gasteiger partial charge in [0.25, 0.3) is 11.6 Å². The van der Waals surface area contributed by atoms with Gasteiger partial charge in [0.1, 0.15) is 5.69 Å². The van der Waals surface area contributed by atoms with Crippen LogP contribution in [0.2, 0.25) is 0 Å². The van der Waals surface area contributed by atoms with Crippen LogP contribution >= 0.6 is 0 Å². The number of allylic oxidation sites excluding steroid dienone is 2. The first kappa shape index (κ1) is 16.7. The predicted molar refractivity (Wildman–Crippen MR) is 83.9 cm³/mol. The highest BCUT2D eigenvalue weighted by molar-refractivity contribution is 5.95. The molecule has 1 N–H and O–H groups in total. The van der Waals surface area contributed by atoms with E-state index in [9.17, 15) is 19.7 Å². The number of nitrogens with one attached hydrogen (secondary N) is 1. The van der Waals surface area contributed by atoms with Gasteiger partial charge in [-0.15, -0.1) is 0 Å². The van der Waals surface area contributed by atoms with E-state index in [0.717, 1.165) is 6.42 Å². The minimum atomic E-state index is -0.595. The van der Waals surface area contributed by atoms with Crippen molar-refractivity contribution in [2.75, 3.05) is 11.9 Å². The van der Waals surface area contributed by atoms with E-state index in [1.807, 2.05) is 12.2 Å². The Labute approximate surface area is 133 Å². The summed E-state index contributed by atoms with van der Waals surface area (Å²) >= 11 is 0. The number of benzene rings is 1. The van der Waals surface area contributed by atoms with Crippen LogP contribution in [0.5, 0.6) is 0 Å². The van der Waals surface area contributed by atoms with Crippen molar-refractivity contribution in [1.82, 2.24) is 0 Å². The Kier molecular flexibility index (Phi) is 5.46. The number of para-hydroxylation sites is 1. The van der Waals surface area contributed by atoms with Crippen molar-refractivity contribution < 1.29 is 19.2 Å². The zero-order valence-corrected chi connectivity index (χ0v) is 12.8. The highest BCUT2D eigenvalue weighted by Crippen LogP contribution is 2.27. The summed E-state index contributed by atoms with van der Waals surface area (Å²) in [5.41, 5.74) is 0.498. The summed E-state index contributed by atoms with van der Waals surface area (Å²) < 4.78 is 5.00. The summed E-state index contributed by atoms with van der Waals surface area (Å²) in [7, 11) is 0. The van der Waals surface area contributed by atoms with Gasteiger partial charge < -0.3 is 10.1 Å². The number of nitro benzene ring substituents is 1. The van der Waals surface area contributed by atoms with Gasteiger partial charge in [-0.25, -0.2) is 0 Å². The number of rotatable bonds is 5. The van der Waals surface area contributed by atoms with E-state index >= 15 is 0 Å². The molecular weight excluding hydrogens is 300 g/mol. The fourth-order valence-electron chi connectivity index (χ4n) is 2.40. The Morgan fingerprint density at radius 2 is 2.17 bits per heavy atom. The molecule has 1 aromatic rings. The average Bonchev–Trinajstić information content (AvgIpc) is 2.55. The molecule has 1 aromatic carbocycles. The minimum absolute atomic E-state index is 0.124. The van der Waals surface area contributed by atoms with Crippen molar-refractivity contribution >= 4 is 23.3 Å². The van der Waals surface area contributed by atoms with E-state index in [0.29, 0.717) is 18.4 Å². The Hall–Kier alpha value is -2.70. The van der Waals surface area contributed by atoms with Crippen molar-refractivity contribution in [2.45, 2.75) is 26.2 Å². The number of carbonyl (C=O) groups excluding carboxylic acids is 2. The van der Waals surface area contributed by atoms with Gasteiger partial charge in [-0.3, -0.25) is 19.7 Å². The molecule has 0 saturated carbocycles.